The lowest BCUT2D eigenvalue weighted by molar-refractivity contribution is 0.0769. The molecule has 5 atom stereocenters. The lowest BCUT2D eigenvalue weighted by atomic mass is 9.92. The largest absolute Gasteiger partial charge is 0.379 e. The van der Waals surface area contributed by atoms with Gasteiger partial charge >= 0.3 is 0 Å². The second-order valence-corrected chi connectivity index (χ2v) is 9.32. The maximum Gasteiger partial charge on any atom is 0.150 e. The zero-order chi connectivity index (χ0) is 21.7. The molecule has 7 nitrogen and oxygen atoms in total. The van der Waals surface area contributed by atoms with Crippen molar-refractivity contribution < 1.29 is 0 Å². The van der Waals surface area contributed by atoms with Gasteiger partial charge in [0.1, 0.15) is 5.82 Å². The molecule has 0 radical (unpaired) electrons. The van der Waals surface area contributed by atoms with Crippen LogP contribution < -0.4 is 26.8 Å². The normalized spacial score (nSPS) is 32.9. The highest BCUT2D eigenvalue weighted by Crippen LogP contribution is 2.35. The minimum absolute atomic E-state index is 0.0103. The zero-order valence-electron chi connectivity index (χ0n) is 19.0. The van der Waals surface area contributed by atoms with E-state index in [1.807, 2.05) is 0 Å². The summed E-state index contributed by atoms with van der Waals surface area (Å²) >= 11 is 0. The number of fused-ring (bicyclic) bond motifs is 2. The van der Waals surface area contributed by atoms with Gasteiger partial charge in [-0.2, -0.15) is 0 Å². The van der Waals surface area contributed by atoms with E-state index < -0.39 is 0 Å². The number of anilines is 1. The van der Waals surface area contributed by atoms with Gasteiger partial charge < -0.3 is 20.4 Å². The van der Waals surface area contributed by atoms with Crippen molar-refractivity contribution in [1.29, 1.82) is 0 Å². The van der Waals surface area contributed by atoms with Crippen molar-refractivity contribution in [2.45, 2.75) is 58.2 Å². The molecule has 166 valence electrons. The van der Waals surface area contributed by atoms with Gasteiger partial charge in [0, 0.05) is 37.6 Å². The first kappa shape index (κ1) is 20.4. The van der Waals surface area contributed by atoms with Crippen molar-refractivity contribution in [3.05, 3.63) is 65.1 Å². The van der Waals surface area contributed by atoms with E-state index in [-0.39, 0.29) is 6.29 Å². The topological polar surface area (TPSA) is 71.8 Å². The lowest BCUT2D eigenvalue weighted by Crippen LogP contribution is -2.61. The van der Waals surface area contributed by atoms with Crippen molar-refractivity contribution in [3.63, 3.8) is 0 Å². The number of nitrogens with two attached hydrogens (primary N) is 1. The first-order valence-corrected chi connectivity index (χ1v) is 11.4. The molecule has 2 fully saturated rings. The Bertz CT molecular complexity index is 936. The minimum atomic E-state index is 0.0103. The van der Waals surface area contributed by atoms with Gasteiger partial charge in [-0.1, -0.05) is 41.5 Å². The van der Waals surface area contributed by atoms with Gasteiger partial charge in [0.15, 0.2) is 6.29 Å². The number of nitrogens with zero attached hydrogens (tertiary/aromatic N) is 3. The van der Waals surface area contributed by atoms with Gasteiger partial charge in [-0.15, -0.1) is 0 Å². The van der Waals surface area contributed by atoms with Gasteiger partial charge in [0.2, 0.25) is 0 Å². The molecule has 1 aromatic rings. The van der Waals surface area contributed by atoms with Crippen LogP contribution in [0.25, 0.3) is 0 Å². The van der Waals surface area contributed by atoms with Crippen LogP contribution in [0.15, 0.2) is 59.6 Å². The van der Waals surface area contributed by atoms with E-state index in [1.165, 1.54) is 28.2 Å². The number of rotatable bonds is 3. The third-order valence-corrected chi connectivity index (χ3v) is 7.51. The van der Waals surface area contributed by atoms with Crippen molar-refractivity contribution in [1.82, 2.24) is 25.9 Å². The smallest absolute Gasteiger partial charge is 0.150 e. The number of nitrogens with one attached hydrogen (secondary N) is 3. The van der Waals surface area contributed by atoms with Crippen LogP contribution in [0.1, 0.15) is 26.3 Å². The molecule has 0 saturated carbocycles. The molecular formula is C24H35N7. The molecule has 1 aromatic carbocycles. The van der Waals surface area contributed by atoms with Gasteiger partial charge in [-0.05, 0) is 39.3 Å². The fourth-order valence-corrected chi connectivity index (χ4v) is 5.59. The molecule has 1 aliphatic carbocycles. The van der Waals surface area contributed by atoms with Gasteiger partial charge in [0.25, 0.3) is 0 Å². The Morgan fingerprint density at radius 1 is 1.03 bits per heavy atom. The third-order valence-electron chi connectivity index (χ3n) is 7.51. The highest BCUT2D eigenvalue weighted by Gasteiger charge is 2.47. The van der Waals surface area contributed by atoms with E-state index in [0.29, 0.717) is 24.2 Å². The number of para-hydroxylation sites is 1. The molecule has 3 heterocycles. The Labute approximate surface area is 185 Å². The zero-order valence-corrected chi connectivity index (χ0v) is 19.0. The van der Waals surface area contributed by atoms with Crippen LogP contribution in [0.4, 0.5) is 5.69 Å². The van der Waals surface area contributed by atoms with E-state index in [9.17, 15) is 0 Å². The molecule has 7 heteroatoms. The molecule has 0 spiro atoms. The van der Waals surface area contributed by atoms with Crippen molar-refractivity contribution in [2.24, 2.45) is 5.84 Å². The monoisotopic (exact) mass is 421 g/mol. The average molecular weight is 422 g/mol. The van der Waals surface area contributed by atoms with Crippen LogP contribution in [-0.2, 0) is 0 Å². The second kappa shape index (κ2) is 7.89. The molecule has 0 amide bonds. The predicted molar refractivity (Wildman–Crippen MR) is 126 cm³/mol. The molecule has 0 aromatic heterocycles. The number of hydrogen-bond acceptors (Lipinski definition) is 7. The Morgan fingerprint density at radius 2 is 1.77 bits per heavy atom. The molecule has 2 saturated heterocycles. The van der Waals surface area contributed by atoms with Gasteiger partial charge in [-0.25, -0.2) is 5.43 Å². The minimum Gasteiger partial charge on any atom is -0.379 e. The van der Waals surface area contributed by atoms with Crippen LogP contribution in [0.3, 0.4) is 0 Å². The quantitative estimate of drug-likeness (QED) is 0.436. The van der Waals surface area contributed by atoms with Crippen molar-refractivity contribution in [3.8, 4) is 0 Å². The fraction of sp³-hybridized carbons (Fsp3) is 0.500. The molecule has 5 N–H and O–H groups in total. The number of benzene rings is 1. The van der Waals surface area contributed by atoms with E-state index in [2.05, 4.69) is 101 Å². The maximum absolute atomic E-state index is 6.06. The molecular weight excluding hydrogens is 386 g/mol. The maximum atomic E-state index is 6.06. The lowest BCUT2D eigenvalue weighted by Gasteiger charge is -2.44. The summed E-state index contributed by atoms with van der Waals surface area (Å²) in [6.45, 7) is 11.8. The molecule has 5 rings (SSSR count). The summed E-state index contributed by atoms with van der Waals surface area (Å²) in [7, 11) is 0. The summed E-state index contributed by atoms with van der Waals surface area (Å²) in [5.74, 6) is 7.25. The van der Waals surface area contributed by atoms with Gasteiger partial charge in [0.05, 0.1) is 18.1 Å². The number of allylic oxidation sites excluding steroid dienone is 2. The number of piperazine rings is 1. The van der Waals surface area contributed by atoms with Crippen LogP contribution in [0.5, 0.6) is 0 Å². The summed E-state index contributed by atoms with van der Waals surface area (Å²) in [6.07, 6.45) is 6.85. The number of aryl methyl sites for hydroxylation is 1. The number of hydrogen-bond donors (Lipinski definition) is 4. The molecule has 3 aliphatic heterocycles. The summed E-state index contributed by atoms with van der Waals surface area (Å²) in [5.41, 5.74) is 8.34. The van der Waals surface area contributed by atoms with E-state index in [0.717, 1.165) is 19.6 Å². The predicted octanol–water partition coefficient (Wildman–Crippen LogP) is 1.57. The van der Waals surface area contributed by atoms with Crippen molar-refractivity contribution >= 4 is 5.69 Å². The summed E-state index contributed by atoms with van der Waals surface area (Å²) < 4.78 is 0. The molecule has 0 bridgehead atoms. The second-order valence-electron chi connectivity index (χ2n) is 9.32. The summed E-state index contributed by atoms with van der Waals surface area (Å²) in [4.78, 5) is 7.45. The van der Waals surface area contributed by atoms with E-state index in [4.69, 9.17) is 5.84 Å². The Kier molecular flexibility index (Phi) is 5.20. The summed E-state index contributed by atoms with van der Waals surface area (Å²) in [6, 6.07) is 9.94. The Morgan fingerprint density at radius 3 is 2.52 bits per heavy atom. The van der Waals surface area contributed by atoms with Crippen LogP contribution in [0.2, 0.25) is 0 Å². The Hall–Kier alpha value is -2.48. The highest BCUT2D eigenvalue weighted by molar-refractivity contribution is 5.56. The molecule has 31 heavy (non-hydrogen) atoms. The fourth-order valence-electron chi connectivity index (χ4n) is 5.59. The third kappa shape index (κ3) is 3.41. The first-order chi connectivity index (χ1) is 15.0. The van der Waals surface area contributed by atoms with Crippen LogP contribution in [0, 0.1) is 6.92 Å². The average Bonchev–Trinajstić information content (AvgIpc) is 3.05. The highest BCUT2D eigenvalue weighted by atomic mass is 15.6. The van der Waals surface area contributed by atoms with Crippen molar-refractivity contribution in [2.75, 3.05) is 24.5 Å². The standard InChI is InChI=1S/C24H35N7/c1-15-7-5-6-8-21(15)31-18(4)22-14-29(9-10-30(22)24(31)28-25)23-13-26-19-11-16(2)17(3)12-20(19)27-23/h5-8,11-13,18-20,22,24,26-28H,9-10,14,25H2,1-4H3. The molecule has 4 aliphatic rings. The van der Waals surface area contributed by atoms with E-state index in [1.54, 1.807) is 0 Å². The SMILES string of the molecule is CC1=CC2NC=C(N3CCN4C(C3)C(C)N(c3ccccc3C)C4NN)NC2C=C1C. The molecule has 5 unspecified atom stereocenters. The van der Waals surface area contributed by atoms with Crippen LogP contribution in [-0.4, -0.2) is 59.9 Å². The Balaban J connectivity index is 1.36. The van der Waals surface area contributed by atoms with E-state index >= 15 is 0 Å². The van der Waals surface area contributed by atoms with Crippen LogP contribution >= 0.6 is 0 Å². The first-order valence-electron chi connectivity index (χ1n) is 11.4. The number of hydrazine groups is 1. The van der Waals surface area contributed by atoms with Gasteiger partial charge in [-0.3, -0.25) is 10.7 Å². The summed E-state index contributed by atoms with van der Waals surface area (Å²) in [5, 5.41) is 7.39.